The Morgan fingerprint density at radius 3 is 2.75 bits per heavy atom. The lowest BCUT2D eigenvalue weighted by atomic mass is 10.2. The Kier molecular flexibility index (Phi) is 4.79. The van der Waals surface area contributed by atoms with E-state index in [4.69, 9.17) is 27.4 Å². The van der Waals surface area contributed by atoms with E-state index in [0.717, 1.165) is 12.8 Å². The summed E-state index contributed by atoms with van der Waals surface area (Å²) in [4.78, 5) is 11.9. The second-order valence-electron chi connectivity index (χ2n) is 4.59. The SMILES string of the molecule is CCOc1cc(C(N)=S)ccc1OCC(=O)NC1CC1. The number of amides is 1. The third-order valence-corrected chi connectivity index (χ3v) is 3.07. The fourth-order valence-corrected chi connectivity index (χ4v) is 1.82. The molecule has 0 bridgehead atoms. The fourth-order valence-electron chi connectivity index (χ4n) is 1.69. The molecule has 0 aliphatic heterocycles. The van der Waals surface area contributed by atoms with Crippen molar-refractivity contribution in [1.29, 1.82) is 0 Å². The van der Waals surface area contributed by atoms with E-state index in [1.807, 2.05) is 6.92 Å². The van der Waals surface area contributed by atoms with Crippen molar-refractivity contribution in [3.05, 3.63) is 23.8 Å². The number of benzene rings is 1. The molecule has 1 aromatic carbocycles. The summed E-state index contributed by atoms with van der Waals surface area (Å²) in [5.74, 6) is 0.934. The lowest BCUT2D eigenvalue weighted by molar-refractivity contribution is -0.123. The highest BCUT2D eigenvalue weighted by atomic mass is 32.1. The fraction of sp³-hybridized carbons (Fsp3) is 0.429. The Balaban J connectivity index is 2.01. The van der Waals surface area contributed by atoms with Crippen molar-refractivity contribution in [1.82, 2.24) is 5.32 Å². The monoisotopic (exact) mass is 294 g/mol. The minimum atomic E-state index is -0.117. The van der Waals surface area contributed by atoms with Gasteiger partial charge in [0, 0.05) is 11.6 Å². The molecule has 1 aliphatic carbocycles. The van der Waals surface area contributed by atoms with Gasteiger partial charge in [-0.05, 0) is 38.0 Å². The van der Waals surface area contributed by atoms with Crippen LogP contribution in [0, 0.1) is 0 Å². The zero-order chi connectivity index (χ0) is 14.5. The predicted molar refractivity (Wildman–Crippen MR) is 80.2 cm³/mol. The van der Waals surface area contributed by atoms with Crippen molar-refractivity contribution in [2.45, 2.75) is 25.8 Å². The Morgan fingerprint density at radius 1 is 1.40 bits per heavy atom. The molecule has 1 aromatic rings. The number of hydrogen-bond donors (Lipinski definition) is 2. The molecule has 0 aromatic heterocycles. The van der Waals surface area contributed by atoms with Crippen LogP contribution in [0.3, 0.4) is 0 Å². The molecule has 1 amide bonds. The van der Waals surface area contributed by atoms with Gasteiger partial charge in [0.1, 0.15) is 4.99 Å². The van der Waals surface area contributed by atoms with Crippen molar-refractivity contribution in [3.63, 3.8) is 0 Å². The predicted octanol–water partition coefficient (Wildman–Crippen LogP) is 1.38. The van der Waals surface area contributed by atoms with E-state index in [9.17, 15) is 4.79 Å². The van der Waals surface area contributed by atoms with Crippen LogP contribution in [-0.2, 0) is 4.79 Å². The summed E-state index contributed by atoms with van der Waals surface area (Å²) < 4.78 is 11.0. The van der Waals surface area contributed by atoms with E-state index in [0.29, 0.717) is 34.7 Å². The van der Waals surface area contributed by atoms with E-state index < -0.39 is 0 Å². The number of nitrogens with two attached hydrogens (primary N) is 1. The second kappa shape index (κ2) is 6.56. The highest BCUT2D eigenvalue weighted by Crippen LogP contribution is 2.28. The highest BCUT2D eigenvalue weighted by molar-refractivity contribution is 7.80. The molecule has 0 atom stereocenters. The Morgan fingerprint density at radius 2 is 2.15 bits per heavy atom. The van der Waals surface area contributed by atoms with Crippen molar-refractivity contribution in [2.75, 3.05) is 13.2 Å². The first-order valence-corrected chi connectivity index (χ1v) is 6.99. The average Bonchev–Trinajstić information content (AvgIpc) is 3.21. The van der Waals surface area contributed by atoms with Crippen LogP contribution in [0.1, 0.15) is 25.3 Å². The number of nitrogens with one attached hydrogen (secondary N) is 1. The van der Waals surface area contributed by atoms with Crippen LogP contribution in [0.25, 0.3) is 0 Å². The van der Waals surface area contributed by atoms with Crippen molar-refractivity contribution in [2.24, 2.45) is 5.73 Å². The Labute approximate surface area is 123 Å². The van der Waals surface area contributed by atoms with E-state index >= 15 is 0 Å². The molecular weight excluding hydrogens is 276 g/mol. The molecule has 0 saturated heterocycles. The maximum absolute atomic E-state index is 11.6. The molecule has 2 rings (SSSR count). The topological polar surface area (TPSA) is 73.6 Å². The molecular formula is C14H18N2O3S. The molecule has 5 nitrogen and oxygen atoms in total. The molecule has 0 unspecified atom stereocenters. The van der Waals surface area contributed by atoms with Gasteiger partial charge in [0.15, 0.2) is 18.1 Å². The van der Waals surface area contributed by atoms with Gasteiger partial charge in [-0.3, -0.25) is 4.79 Å². The quantitative estimate of drug-likeness (QED) is 0.743. The summed E-state index contributed by atoms with van der Waals surface area (Å²) >= 11 is 4.93. The van der Waals surface area contributed by atoms with Crippen LogP contribution < -0.4 is 20.5 Å². The highest BCUT2D eigenvalue weighted by Gasteiger charge is 2.23. The van der Waals surface area contributed by atoms with Gasteiger partial charge in [0.25, 0.3) is 5.91 Å². The summed E-state index contributed by atoms with van der Waals surface area (Å²) in [6, 6.07) is 5.51. The number of carbonyl (C=O) groups is 1. The summed E-state index contributed by atoms with van der Waals surface area (Å²) in [6.07, 6.45) is 2.11. The number of hydrogen-bond acceptors (Lipinski definition) is 4. The van der Waals surface area contributed by atoms with Crippen LogP contribution in [0.4, 0.5) is 0 Å². The molecule has 0 heterocycles. The lowest BCUT2D eigenvalue weighted by Crippen LogP contribution is -2.30. The van der Waals surface area contributed by atoms with Crippen molar-refractivity contribution >= 4 is 23.1 Å². The van der Waals surface area contributed by atoms with Gasteiger partial charge in [-0.1, -0.05) is 12.2 Å². The van der Waals surface area contributed by atoms with Gasteiger partial charge in [-0.25, -0.2) is 0 Å². The first-order chi connectivity index (χ1) is 9.60. The molecule has 0 spiro atoms. The molecule has 3 N–H and O–H groups in total. The Bertz CT molecular complexity index is 515. The number of ether oxygens (including phenoxy) is 2. The smallest absolute Gasteiger partial charge is 0.258 e. The van der Waals surface area contributed by atoms with Crippen LogP contribution >= 0.6 is 12.2 Å². The Hall–Kier alpha value is -1.82. The third-order valence-electron chi connectivity index (χ3n) is 2.83. The molecule has 20 heavy (non-hydrogen) atoms. The maximum Gasteiger partial charge on any atom is 0.258 e. The zero-order valence-corrected chi connectivity index (χ0v) is 12.2. The first-order valence-electron chi connectivity index (χ1n) is 6.59. The number of carbonyl (C=O) groups excluding carboxylic acids is 1. The van der Waals surface area contributed by atoms with Crippen molar-refractivity contribution < 1.29 is 14.3 Å². The summed E-state index contributed by atoms with van der Waals surface area (Å²) in [5.41, 5.74) is 6.29. The van der Waals surface area contributed by atoms with E-state index in [2.05, 4.69) is 5.32 Å². The van der Waals surface area contributed by atoms with Crippen molar-refractivity contribution in [3.8, 4) is 11.5 Å². The largest absolute Gasteiger partial charge is 0.490 e. The van der Waals surface area contributed by atoms with E-state index in [1.54, 1.807) is 18.2 Å². The normalized spacial score (nSPS) is 13.7. The lowest BCUT2D eigenvalue weighted by Gasteiger charge is -2.13. The van der Waals surface area contributed by atoms with E-state index in [1.165, 1.54) is 0 Å². The average molecular weight is 294 g/mol. The van der Waals surface area contributed by atoms with Gasteiger partial charge in [-0.2, -0.15) is 0 Å². The zero-order valence-electron chi connectivity index (χ0n) is 11.3. The maximum atomic E-state index is 11.6. The molecule has 1 fully saturated rings. The van der Waals surface area contributed by atoms with Gasteiger partial charge in [0.05, 0.1) is 6.61 Å². The minimum absolute atomic E-state index is 0.0248. The number of thiocarbonyl (C=S) groups is 1. The molecule has 6 heteroatoms. The van der Waals surface area contributed by atoms with Crippen LogP contribution in [0.2, 0.25) is 0 Å². The van der Waals surface area contributed by atoms with Gasteiger partial charge >= 0.3 is 0 Å². The summed E-state index contributed by atoms with van der Waals surface area (Å²) in [6.45, 7) is 2.34. The van der Waals surface area contributed by atoms with Gasteiger partial charge < -0.3 is 20.5 Å². The number of rotatable bonds is 7. The standard InChI is InChI=1S/C14H18N2O3S/c1-2-18-12-7-9(14(15)20)3-6-11(12)19-8-13(17)16-10-4-5-10/h3,6-7,10H,2,4-5,8H2,1H3,(H2,15,20)(H,16,17). The molecule has 0 radical (unpaired) electrons. The van der Waals surface area contributed by atoms with Gasteiger partial charge in [-0.15, -0.1) is 0 Å². The molecule has 1 saturated carbocycles. The van der Waals surface area contributed by atoms with Crippen LogP contribution in [0.5, 0.6) is 11.5 Å². The molecule has 108 valence electrons. The van der Waals surface area contributed by atoms with E-state index in [-0.39, 0.29) is 12.5 Å². The minimum Gasteiger partial charge on any atom is -0.490 e. The van der Waals surface area contributed by atoms with Crippen LogP contribution in [-0.4, -0.2) is 30.2 Å². The summed E-state index contributed by atoms with van der Waals surface area (Å²) in [5, 5.41) is 2.86. The molecule has 1 aliphatic rings. The second-order valence-corrected chi connectivity index (χ2v) is 5.03. The third kappa shape index (κ3) is 4.09. The van der Waals surface area contributed by atoms with Gasteiger partial charge in [0.2, 0.25) is 0 Å². The first kappa shape index (κ1) is 14.6. The van der Waals surface area contributed by atoms with Crippen LogP contribution in [0.15, 0.2) is 18.2 Å². The summed E-state index contributed by atoms with van der Waals surface area (Å²) in [7, 11) is 0.